The fourth-order valence-corrected chi connectivity index (χ4v) is 0.329. The Morgan fingerprint density at radius 2 is 0.909 bits per heavy atom. The maximum atomic E-state index is 9.47. The van der Waals surface area contributed by atoms with Crippen molar-refractivity contribution in [3.8, 4) is 0 Å². The molecule has 0 aliphatic rings. The summed E-state index contributed by atoms with van der Waals surface area (Å²) in [6, 6.07) is 0. The van der Waals surface area contributed by atoms with E-state index in [0.29, 0.717) is 13.1 Å². The second-order valence-corrected chi connectivity index (χ2v) is 3.15. The molecular weight excluding hydrogens is 288 g/mol. The molecule has 0 radical (unpaired) electrons. The summed E-state index contributed by atoms with van der Waals surface area (Å²) in [5.74, 6) is -1.44. The number of carbonyl (C=O) groups excluding carboxylic acids is 3. The van der Waals surface area contributed by atoms with Crippen molar-refractivity contribution in [3.05, 3.63) is 38.0 Å². The molecule has 0 aromatic rings. The van der Waals surface area contributed by atoms with E-state index in [1.165, 1.54) is 0 Å². The van der Waals surface area contributed by atoms with Crippen molar-refractivity contribution in [2.45, 2.75) is 0 Å². The predicted octanol–water partition coefficient (Wildman–Crippen LogP) is -2.53. The quantitative estimate of drug-likeness (QED) is 0.221. The zero-order chi connectivity index (χ0) is 18.4. The van der Waals surface area contributed by atoms with Crippen LogP contribution < -0.4 is 34.0 Å². The fraction of sp³-hybridized carbons (Fsp3) is 0.308. The van der Waals surface area contributed by atoms with Crippen molar-refractivity contribution in [2.24, 2.45) is 28.7 Å². The summed E-state index contributed by atoms with van der Waals surface area (Å²) in [6.07, 6.45) is 3.17. The Kier molecular flexibility index (Phi) is 34.0. The van der Waals surface area contributed by atoms with Gasteiger partial charge in [-0.2, -0.15) is 0 Å². The minimum atomic E-state index is -0.481. The molecule has 0 saturated heterocycles. The van der Waals surface area contributed by atoms with Crippen molar-refractivity contribution in [1.29, 1.82) is 0 Å². The van der Waals surface area contributed by atoms with Crippen molar-refractivity contribution in [3.63, 3.8) is 0 Å². The maximum Gasteiger partial charge on any atom is 0.240 e. The lowest BCUT2D eigenvalue weighted by molar-refractivity contribution is -0.114. The van der Waals surface area contributed by atoms with E-state index in [1.807, 2.05) is 0 Å². The topological polar surface area (TPSA) is 193 Å². The van der Waals surface area contributed by atoms with Crippen LogP contribution in [0.15, 0.2) is 38.0 Å². The molecule has 0 spiro atoms. The minimum Gasteiger partial charge on any atom is -0.366 e. The van der Waals surface area contributed by atoms with Crippen LogP contribution in [0.1, 0.15) is 0 Å². The molecule has 0 saturated carbocycles. The van der Waals surface area contributed by atoms with E-state index in [1.54, 1.807) is 0 Å². The Morgan fingerprint density at radius 3 is 1.00 bits per heavy atom. The van der Waals surface area contributed by atoms with Gasteiger partial charge in [-0.25, -0.2) is 0 Å². The van der Waals surface area contributed by atoms with Gasteiger partial charge in [0.2, 0.25) is 17.7 Å². The first-order chi connectivity index (χ1) is 10.2. The Balaban J connectivity index is -0.0000000995. The molecule has 22 heavy (non-hydrogen) atoms. The maximum absolute atomic E-state index is 9.47. The summed E-state index contributed by atoms with van der Waals surface area (Å²) in [5, 5.41) is 3.03. The second-order valence-electron chi connectivity index (χ2n) is 3.15. The normalized spacial score (nSPS) is 7.36. The highest BCUT2D eigenvalue weighted by Gasteiger charge is 1.76. The number of rotatable bonds is 7. The molecule has 0 aromatic carbocycles. The van der Waals surface area contributed by atoms with E-state index >= 15 is 0 Å². The average Bonchev–Trinajstić information content (AvgIpc) is 2.49. The number of primary amides is 3. The third-order valence-electron chi connectivity index (χ3n) is 1.25. The van der Waals surface area contributed by atoms with E-state index in [2.05, 4.69) is 42.3 Å². The Hall–Kier alpha value is -2.49. The van der Waals surface area contributed by atoms with Crippen LogP contribution in [0.2, 0.25) is 0 Å². The summed E-state index contributed by atoms with van der Waals surface area (Å²) in [6.45, 7) is 12.4. The van der Waals surface area contributed by atoms with Crippen LogP contribution >= 0.6 is 0 Å². The predicted molar refractivity (Wildman–Crippen MR) is 89.2 cm³/mol. The van der Waals surface area contributed by atoms with Gasteiger partial charge in [0, 0.05) is 26.2 Å². The number of hydrogen-bond donors (Lipinski definition) is 6. The van der Waals surface area contributed by atoms with Gasteiger partial charge in [0.25, 0.3) is 0 Å². The van der Waals surface area contributed by atoms with E-state index in [-0.39, 0.29) is 0 Å². The molecule has 9 nitrogen and oxygen atoms in total. The van der Waals surface area contributed by atoms with Gasteiger partial charge in [-0.15, -0.1) is 0 Å². The van der Waals surface area contributed by atoms with Crippen molar-refractivity contribution in [2.75, 3.05) is 26.2 Å². The molecule has 128 valence electrons. The SMILES string of the molecule is C=CC(N)=O.C=CC(N)=O.C=CC(N)=O.NCCNCCN. The summed E-state index contributed by atoms with van der Waals surface area (Å²) < 4.78 is 0. The third-order valence-corrected chi connectivity index (χ3v) is 1.25. The van der Waals surface area contributed by atoms with Crippen LogP contribution in [0.25, 0.3) is 0 Å². The van der Waals surface area contributed by atoms with E-state index < -0.39 is 17.7 Å². The first-order valence-corrected chi connectivity index (χ1v) is 6.09. The van der Waals surface area contributed by atoms with Gasteiger partial charge in [-0.05, 0) is 18.2 Å². The molecule has 0 rings (SSSR count). The number of hydrogen-bond acceptors (Lipinski definition) is 6. The van der Waals surface area contributed by atoms with E-state index in [9.17, 15) is 14.4 Å². The molecular formula is C13H28N6O3. The fourth-order valence-electron chi connectivity index (χ4n) is 0.329. The highest BCUT2D eigenvalue weighted by atomic mass is 16.1. The smallest absolute Gasteiger partial charge is 0.240 e. The monoisotopic (exact) mass is 316 g/mol. The molecule has 0 unspecified atom stereocenters. The van der Waals surface area contributed by atoms with Crippen molar-refractivity contribution in [1.82, 2.24) is 5.32 Å². The Bertz CT molecular complexity index is 285. The number of amides is 3. The Morgan fingerprint density at radius 1 is 0.727 bits per heavy atom. The van der Waals surface area contributed by atoms with Crippen LogP contribution in [0.5, 0.6) is 0 Å². The van der Waals surface area contributed by atoms with Crippen LogP contribution in [0.3, 0.4) is 0 Å². The minimum absolute atomic E-state index is 0.481. The molecule has 3 amide bonds. The first-order valence-electron chi connectivity index (χ1n) is 6.09. The Labute approximate surface area is 131 Å². The largest absolute Gasteiger partial charge is 0.366 e. The van der Waals surface area contributed by atoms with Crippen LogP contribution in [0, 0.1) is 0 Å². The second kappa shape index (κ2) is 27.0. The molecule has 0 atom stereocenters. The van der Waals surface area contributed by atoms with E-state index in [4.69, 9.17) is 11.5 Å². The molecule has 0 aliphatic heterocycles. The van der Waals surface area contributed by atoms with Gasteiger partial charge in [0.05, 0.1) is 0 Å². The third kappa shape index (κ3) is 84.6. The molecule has 11 N–H and O–H groups in total. The highest BCUT2D eigenvalue weighted by molar-refractivity contribution is 5.85. The molecule has 0 aliphatic carbocycles. The van der Waals surface area contributed by atoms with Crippen molar-refractivity contribution >= 4 is 17.7 Å². The lowest BCUT2D eigenvalue weighted by Crippen LogP contribution is -2.27. The van der Waals surface area contributed by atoms with Gasteiger partial charge in [-0.1, -0.05) is 19.7 Å². The first kappa shape index (κ1) is 27.8. The molecule has 0 bridgehead atoms. The lowest BCUT2D eigenvalue weighted by atomic mass is 10.6. The van der Waals surface area contributed by atoms with Gasteiger partial charge in [-0.3, -0.25) is 14.4 Å². The van der Waals surface area contributed by atoms with Crippen molar-refractivity contribution < 1.29 is 14.4 Å². The van der Waals surface area contributed by atoms with Crippen LogP contribution in [-0.4, -0.2) is 43.9 Å². The molecule has 9 heteroatoms. The number of carbonyl (C=O) groups is 3. The van der Waals surface area contributed by atoms with Gasteiger partial charge in [0.1, 0.15) is 0 Å². The zero-order valence-electron chi connectivity index (χ0n) is 12.8. The van der Waals surface area contributed by atoms with Gasteiger partial charge in [0.15, 0.2) is 0 Å². The highest BCUT2D eigenvalue weighted by Crippen LogP contribution is 1.50. The van der Waals surface area contributed by atoms with Crippen LogP contribution in [0.4, 0.5) is 0 Å². The molecule has 0 fully saturated rings. The van der Waals surface area contributed by atoms with Crippen LogP contribution in [-0.2, 0) is 14.4 Å². The van der Waals surface area contributed by atoms with E-state index in [0.717, 1.165) is 31.3 Å². The zero-order valence-corrected chi connectivity index (χ0v) is 12.8. The number of nitrogens with one attached hydrogen (secondary N) is 1. The van der Waals surface area contributed by atoms with Gasteiger partial charge >= 0.3 is 0 Å². The summed E-state index contributed by atoms with van der Waals surface area (Å²) in [5.41, 5.74) is 23.9. The van der Waals surface area contributed by atoms with Gasteiger partial charge < -0.3 is 34.0 Å². The average molecular weight is 316 g/mol. The number of nitrogens with two attached hydrogens (primary N) is 5. The standard InChI is InChI=1S/C4H13N3.3C3H5NO/c5-1-3-7-4-2-6;3*1-2-3(4)5/h7H,1-6H2;3*2H,1H2,(H2,4,5). The molecule has 0 aromatic heterocycles. The lowest BCUT2D eigenvalue weighted by Gasteiger charge is -1.95. The summed E-state index contributed by atoms with van der Waals surface area (Å²) in [4.78, 5) is 28.4. The summed E-state index contributed by atoms with van der Waals surface area (Å²) >= 11 is 0. The molecule has 0 heterocycles. The summed E-state index contributed by atoms with van der Waals surface area (Å²) in [7, 11) is 0.